The van der Waals surface area contributed by atoms with Gasteiger partial charge in [0, 0.05) is 29.3 Å². The molecule has 1 atom stereocenters. The average Bonchev–Trinajstić information content (AvgIpc) is 2.37. The van der Waals surface area contributed by atoms with Crippen molar-refractivity contribution in [1.82, 2.24) is 0 Å². The van der Waals surface area contributed by atoms with Gasteiger partial charge in [0.2, 0.25) is 0 Å². The van der Waals surface area contributed by atoms with E-state index in [0.29, 0.717) is 12.6 Å². The first-order valence-corrected chi connectivity index (χ1v) is 7.30. The van der Waals surface area contributed by atoms with Crippen molar-refractivity contribution >= 4 is 21.6 Å². The van der Waals surface area contributed by atoms with Crippen LogP contribution in [0.5, 0.6) is 0 Å². The maximum Gasteiger partial charge on any atom is 0.0383 e. The first-order valence-electron chi connectivity index (χ1n) is 6.50. The number of nitrogens with two attached hydrogens (primary N) is 1. The van der Waals surface area contributed by atoms with E-state index in [1.54, 1.807) is 0 Å². The summed E-state index contributed by atoms with van der Waals surface area (Å²) in [6.45, 7) is 4.07. The third-order valence-electron chi connectivity index (χ3n) is 3.61. The first kappa shape index (κ1) is 12.9. The zero-order valence-electron chi connectivity index (χ0n) is 10.5. The second-order valence-corrected chi connectivity index (χ2v) is 5.69. The molecule has 2 N–H and O–H groups in total. The van der Waals surface area contributed by atoms with Gasteiger partial charge in [-0.15, -0.1) is 0 Å². The van der Waals surface area contributed by atoms with Crippen molar-refractivity contribution in [3.63, 3.8) is 0 Å². The van der Waals surface area contributed by atoms with Gasteiger partial charge in [-0.1, -0.05) is 22.9 Å². The summed E-state index contributed by atoms with van der Waals surface area (Å²) in [5, 5.41) is 0. The van der Waals surface area contributed by atoms with Crippen LogP contribution < -0.4 is 10.6 Å². The molecule has 0 amide bonds. The van der Waals surface area contributed by atoms with Crippen molar-refractivity contribution < 1.29 is 0 Å². The molecule has 1 heterocycles. The van der Waals surface area contributed by atoms with E-state index in [1.807, 2.05) is 0 Å². The molecule has 0 bridgehead atoms. The molecule has 2 rings (SSSR count). The van der Waals surface area contributed by atoms with Crippen LogP contribution in [0.15, 0.2) is 22.7 Å². The maximum absolute atomic E-state index is 5.74. The quantitative estimate of drug-likeness (QED) is 0.922. The molecule has 17 heavy (non-hydrogen) atoms. The van der Waals surface area contributed by atoms with Crippen molar-refractivity contribution in [2.45, 2.75) is 45.2 Å². The van der Waals surface area contributed by atoms with Gasteiger partial charge in [0.25, 0.3) is 0 Å². The highest BCUT2D eigenvalue weighted by molar-refractivity contribution is 9.10. The average molecular weight is 297 g/mol. The van der Waals surface area contributed by atoms with Gasteiger partial charge in [-0.3, -0.25) is 0 Å². The Morgan fingerprint density at radius 3 is 2.88 bits per heavy atom. The molecule has 1 fully saturated rings. The first-order chi connectivity index (χ1) is 8.24. The van der Waals surface area contributed by atoms with E-state index in [2.05, 4.69) is 46.0 Å². The molecule has 94 valence electrons. The van der Waals surface area contributed by atoms with E-state index in [-0.39, 0.29) is 0 Å². The van der Waals surface area contributed by atoms with Crippen molar-refractivity contribution in [1.29, 1.82) is 0 Å². The highest BCUT2D eigenvalue weighted by atomic mass is 79.9. The molecule has 0 radical (unpaired) electrons. The molecule has 1 aliphatic heterocycles. The van der Waals surface area contributed by atoms with Gasteiger partial charge in [0.1, 0.15) is 0 Å². The van der Waals surface area contributed by atoms with Crippen LogP contribution >= 0.6 is 15.9 Å². The SMILES string of the molecule is CCC1CCCCN1c1cc(Br)cc(CN)c1. The molecule has 1 unspecified atom stereocenters. The van der Waals surface area contributed by atoms with Gasteiger partial charge in [0.05, 0.1) is 0 Å². The number of anilines is 1. The minimum absolute atomic E-state index is 0.608. The lowest BCUT2D eigenvalue weighted by molar-refractivity contribution is 0.450. The Hall–Kier alpha value is -0.540. The summed E-state index contributed by atoms with van der Waals surface area (Å²) in [4.78, 5) is 2.55. The number of hydrogen-bond acceptors (Lipinski definition) is 2. The van der Waals surface area contributed by atoms with Gasteiger partial charge in [-0.25, -0.2) is 0 Å². The summed E-state index contributed by atoms with van der Waals surface area (Å²) in [6.07, 6.45) is 5.22. The summed E-state index contributed by atoms with van der Waals surface area (Å²) in [5.74, 6) is 0. The summed E-state index contributed by atoms with van der Waals surface area (Å²) in [6, 6.07) is 7.25. The number of benzene rings is 1. The van der Waals surface area contributed by atoms with Crippen LogP contribution in [0.3, 0.4) is 0 Å². The fourth-order valence-electron chi connectivity index (χ4n) is 2.68. The van der Waals surface area contributed by atoms with E-state index in [9.17, 15) is 0 Å². The Morgan fingerprint density at radius 2 is 2.18 bits per heavy atom. The fourth-order valence-corrected chi connectivity index (χ4v) is 3.21. The molecule has 3 heteroatoms. The predicted octanol–water partition coefficient (Wildman–Crippen LogP) is 3.68. The Labute approximate surface area is 112 Å². The topological polar surface area (TPSA) is 29.3 Å². The number of hydrogen-bond donors (Lipinski definition) is 1. The largest absolute Gasteiger partial charge is 0.369 e. The molecular formula is C14H21BrN2. The molecular weight excluding hydrogens is 276 g/mol. The second kappa shape index (κ2) is 5.87. The van der Waals surface area contributed by atoms with Crippen molar-refractivity contribution in [3.05, 3.63) is 28.2 Å². The summed E-state index contributed by atoms with van der Waals surface area (Å²) >= 11 is 3.58. The van der Waals surface area contributed by atoms with E-state index in [0.717, 1.165) is 4.47 Å². The highest BCUT2D eigenvalue weighted by Gasteiger charge is 2.21. The monoisotopic (exact) mass is 296 g/mol. The Balaban J connectivity index is 2.27. The van der Waals surface area contributed by atoms with Crippen LogP contribution in [-0.2, 0) is 6.54 Å². The van der Waals surface area contributed by atoms with Crippen LogP contribution in [0, 0.1) is 0 Å². The van der Waals surface area contributed by atoms with Gasteiger partial charge in [-0.05, 0) is 49.4 Å². The smallest absolute Gasteiger partial charge is 0.0383 e. The molecule has 0 spiro atoms. The number of halogens is 1. The van der Waals surface area contributed by atoms with E-state index >= 15 is 0 Å². The van der Waals surface area contributed by atoms with Crippen molar-refractivity contribution in [3.8, 4) is 0 Å². The van der Waals surface area contributed by atoms with Gasteiger partial charge in [0.15, 0.2) is 0 Å². The lowest BCUT2D eigenvalue weighted by Crippen LogP contribution is -2.39. The normalized spacial score (nSPS) is 20.6. The van der Waals surface area contributed by atoms with E-state index in [1.165, 1.54) is 43.5 Å². The second-order valence-electron chi connectivity index (χ2n) is 4.77. The molecule has 2 nitrogen and oxygen atoms in total. The molecule has 1 aromatic rings. The lowest BCUT2D eigenvalue weighted by atomic mass is 9.99. The Kier molecular flexibility index (Phi) is 4.46. The number of rotatable bonds is 3. The van der Waals surface area contributed by atoms with Crippen LogP contribution in [-0.4, -0.2) is 12.6 Å². The zero-order valence-corrected chi connectivity index (χ0v) is 12.0. The van der Waals surface area contributed by atoms with Gasteiger partial charge in [-0.2, -0.15) is 0 Å². The predicted molar refractivity (Wildman–Crippen MR) is 77.3 cm³/mol. The van der Waals surface area contributed by atoms with Gasteiger partial charge < -0.3 is 10.6 Å². The minimum atomic E-state index is 0.608. The molecule has 0 saturated carbocycles. The number of piperidine rings is 1. The maximum atomic E-state index is 5.74. The van der Waals surface area contributed by atoms with Crippen LogP contribution in [0.2, 0.25) is 0 Å². The molecule has 0 aliphatic carbocycles. The van der Waals surface area contributed by atoms with Crippen LogP contribution in [0.25, 0.3) is 0 Å². The molecule has 1 aliphatic rings. The lowest BCUT2D eigenvalue weighted by Gasteiger charge is -2.37. The van der Waals surface area contributed by atoms with Gasteiger partial charge >= 0.3 is 0 Å². The number of nitrogens with zero attached hydrogens (tertiary/aromatic N) is 1. The molecule has 1 aromatic carbocycles. The standard InChI is InChI=1S/C14H21BrN2/c1-2-13-5-3-4-6-17(13)14-8-11(10-16)7-12(15)9-14/h7-9,13H,2-6,10,16H2,1H3. The highest BCUT2D eigenvalue weighted by Crippen LogP contribution is 2.29. The Bertz CT molecular complexity index is 378. The third-order valence-corrected chi connectivity index (χ3v) is 4.07. The van der Waals surface area contributed by atoms with Crippen LogP contribution in [0.4, 0.5) is 5.69 Å². The van der Waals surface area contributed by atoms with Crippen molar-refractivity contribution in [2.24, 2.45) is 5.73 Å². The Morgan fingerprint density at radius 1 is 1.35 bits per heavy atom. The minimum Gasteiger partial charge on any atom is -0.369 e. The summed E-state index contributed by atoms with van der Waals surface area (Å²) in [7, 11) is 0. The third kappa shape index (κ3) is 3.02. The van der Waals surface area contributed by atoms with E-state index < -0.39 is 0 Å². The fraction of sp³-hybridized carbons (Fsp3) is 0.571. The zero-order chi connectivity index (χ0) is 12.3. The van der Waals surface area contributed by atoms with E-state index in [4.69, 9.17) is 5.73 Å². The molecule has 1 saturated heterocycles. The van der Waals surface area contributed by atoms with Crippen LogP contribution in [0.1, 0.15) is 38.2 Å². The molecule has 0 aromatic heterocycles. The summed E-state index contributed by atoms with van der Waals surface area (Å²) < 4.78 is 1.14. The van der Waals surface area contributed by atoms with Crippen molar-refractivity contribution in [2.75, 3.05) is 11.4 Å². The summed E-state index contributed by atoms with van der Waals surface area (Å²) in [5.41, 5.74) is 8.27.